The maximum Gasteiger partial charge on any atom is 0.272 e. The van der Waals surface area contributed by atoms with Crippen molar-refractivity contribution in [1.82, 2.24) is 20.3 Å². The average Bonchev–Trinajstić information content (AvgIpc) is 3.36. The number of halogens is 2. The van der Waals surface area contributed by atoms with E-state index in [1.165, 1.54) is 12.3 Å². The predicted octanol–water partition coefficient (Wildman–Crippen LogP) is 0.927. The Hall–Kier alpha value is -2.03. The molecule has 3 N–H and O–H groups in total. The van der Waals surface area contributed by atoms with Crippen LogP contribution in [0.15, 0.2) is 23.1 Å². The van der Waals surface area contributed by atoms with Crippen molar-refractivity contribution in [2.45, 2.75) is 24.5 Å². The summed E-state index contributed by atoms with van der Waals surface area (Å²) in [6, 6.07) is 2.66. The topological polar surface area (TPSA) is 94.1 Å². The van der Waals surface area contributed by atoms with Gasteiger partial charge in [0.1, 0.15) is 10.8 Å². The first kappa shape index (κ1) is 16.4. The van der Waals surface area contributed by atoms with Crippen LogP contribution < -0.4 is 15.8 Å². The highest BCUT2D eigenvalue weighted by atomic mass is 35.5. The zero-order valence-corrected chi connectivity index (χ0v) is 14.1. The Balaban J connectivity index is 1.70. The number of H-pyrrole nitrogens is 1. The third-order valence-corrected chi connectivity index (χ3v) is 5.07. The molecule has 2 fully saturated rings. The molecule has 1 aliphatic carbocycles. The van der Waals surface area contributed by atoms with Crippen molar-refractivity contribution in [2.24, 2.45) is 0 Å². The van der Waals surface area contributed by atoms with Crippen LogP contribution in [0.3, 0.4) is 0 Å². The predicted molar refractivity (Wildman–Crippen MR) is 91.2 cm³/mol. The van der Waals surface area contributed by atoms with E-state index < -0.39 is 17.1 Å². The van der Waals surface area contributed by atoms with E-state index in [0.717, 1.165) is 12.8 Å². The van der Waals surface area contributed by atoms with Gasteiger partial charge in [0.15, 0.2) is 5.82 Å². The van der Waals surface area contributed by atoms with E-state index >= 15 is 0 Å². The Morgan fingerprint density at radius 3 is 2.96 bits per heavy atom. The number of pyridine rings is 1. The van der Waals surface area contributed by atoms with Gasteiger partial charge in [-0.05, 0) is 18.9 Å². The molecule has 9 heteroatoms. The number of anilines is 1. The Kier molecular flexibility index (Phi) is 3.98. The van der Waals surface area contributed by atoms with E-state index in [4.69, 9.17) is 11.6 Å². The van der Waals surface area contributed by atoms with Gasteiger partial charge in [0.05, 0.1) is 11.6 Å². The summed E-state index contributed by atoms with van der Waals surface area (Å²) < 4.78 is 13.4. The van der Waals surface area contributed by atoms with E-state index in [-0.39, 0.29) is 16.9 Å². The van der Waals surface area contributed by atoms with Gasteiger partial charge in [-0.1, -0.05) is 11.6 Å². The molecular formula is C16H17ClFN5O2. The van der Waals surface area contributed by atoms with Crippen LogP contribution >= 0.6 is 11.6 Å². The fourth-order valence-electron chi connectivity index (χ4n) is 3.12. The quantitative estimate of drug-likeness (QED) is 0.700. The fourth-order valence-corrected chi connectivity index (χ4v) is 3.33. The Labute approximate surface area is 147 Å². The number of piperazine rings is 1. The molecule has 132 valence electrons. The molecule has 4 rings (SSSR count). The van der Waals surface area contributed by atoms with Crippen molar-refractivity contribution in [1.29, 1.82) is 0 Å². The summed E-state index contributed by atoms with van der Waals surface area (Å²) >= 11 is 6.18. The van der Waals surface area contributed by atoms with Crippen LogP contribution in [-0.4, -0.2) is 51.3 Å². The summed E-state index contributed by atoms with van der Waals surface area (Å²) in [6.07, 6.45) is 2.83. The summed E-state index contributed by atoms with van der Waals surface area (Å²) in [5, 5.41) is 13.6. The highest BCUT2D eigenvalue weighted by molar-refractivity contribution is 6.32. The number of rotatable bonds is 3. The second-order valence-corrected chi connectivity index (χ2v) is 6.85. The van der Waals surface area contributed by atoms with E-state index in [0.29, 0.717) is 31.0 Å². The number of aromatic nitrogens is 3. The summed E-state index contributed by atoms with van der Waals surface area (Å²) in [7, 11) is 0. The zero-order valence-electron chi connectivity index (χ0n) is 13.3. The molecule has 1 atom stereocenters. The fraction of sp³-hybridized carbons (Fsp3) is 0.438. The largest absolute Gasteiger partial charge is 0.388 e. The Bertz CT molecular complexity index is 870. The van der Waals surface area contributed by atoms with Crippen LogP contribution in [0.5, 0.6) is 0 Å². The van der Waals surface area contributed by atoms with Crippen molar-refractivity contribution in [3.8, 4) is 11.4 Å². The summed E-state index contributed by atoms with van der Waals surface area (Å²) in [4.78, 5) is 24.6. The van der Waals surface area contributed by atoms with Gasteiger partial charge in [-0.2, -0.15) is 4.39 Å². The monoisotopic (exact) mass is 365 g/mol. The van der Waals surface area contributed by atoms with E-state index in [9.17, 15) is 14.3 Å². The smallest absolute Gasteiger partial charge is 0.272 e. The molecule has 2 aliphatic rings. The van der Waals surface area contributed by atoms with Gasteiger partial charge in [0.2, 0.25) is 5.95 Å². The Morgan fingerprint density at radius 2 is 2.24 bits per heavy atom. The van der Waals surface area contributed by atoms with Crippen LogP contribution in [-0.2, 0) is 0 Å². The molecule has 3 heterocycles. The van der Waals surface area contributed by atoms with Crippen LogP contribution in [0.1, 0.15) is 12.8 Å². The van der Waals surface area contributed by atoms with Crippen LogP contribution in [0, 0.1) is 5.95 Å². The molecule has 1 aliphatic heterocycles. The first-order valence-electron chi connectivity index (χ1n) is 8.09. The van der Waals surface area contributed by atoms with Crippen molar-refractivity contribution in [3.63, 3.8) is 0 Å². The third kappa shape index (κ3) is 3.12. The van der Waals surface area contributed by atoms with Gasteiger partial charge in [-0.15, -0.1) is 0 Å². The molecule has 1 unspecified atom stereocenters. The molecule has 0 spiro atoms. The van der Waals surface area contributed by atoms with Crippen molar-refractivity contribution in [3.05, 3.63) is 39.7 Å². The highest BCUT2D eigenvalue weighted by Gasteiger charge is 2.49. The van der Waals surface area contributed by atoms with Crippen molar-refractivity contribution >= 4 is 17.4 Å². The first-order chi connectivity index (χ1) is 12.0. The number of nitrogens with one attached hydrogen (secondary N) is 2. The molecule has 1 saturated carbocycles. The van der Waals surface area contributed by atoms with Gasteiger partial charge >= 0.3 is 0 Å². The summed E-state index contributed by atoms with van der Waals surface area (Å²) in [5.74, 6) is -0.0888. The van der Waals surface area contributed by atoms with Crippen LogP contribution in [0.25, 0.3) is 11.4 Å². The maximum absolute atomic E-state index is 13.4. The zero-order chi connectivity index (χ0) is 17.6. The second kappa shape index (κ2) is 6.05. The molecule has 25 heavy (non-hydrogen) atoms. The minimum atomic E-state index is -0.691. The lowest BCUT2D eigenvalue weighted by Crippen LogP contribution is -2.57. The van der Waals surface area contributed by atoms with E-state index in [2.05, 4.69) is 20.3 Å². The van der Waals surface area contributed by atoms with Gasteiger partial charge < -0.3 is 20.3 Å². The summed E-state index contributed by atoms with van der Waals surface area (Å²) in [5.41, 5.74) is -0.766. The summed E-state index contributed by atoms with van der Waals surface area (Å²) in [6.45, 7) is 1.75. The van der Waals surface area contributed by atoms with Crippen LogP contribution in [0.4, 0.5) is 10.2 Å². The molecule has 0 aromatic carbocycles. The van der Waals surface area contributed by atoms with Gasteiger partial charge in [-0.25, -0.2) is 9.97 Å². The molecule has 0 bridgehead atoms. The molecule has 7 nitrogen and oxygen atoms in total. The number of aliphatic hydroxyl groups is 1. The standard InChI is InChI=1S/C16H17ClFN5O2/c17-12-14(23-6-5-19-10(8-23)16(25)2-3-16)21-13(22-15(12)24)9-1-4-20-11(18)7-9/h1,4,7,10,19,25H,2-3,5-6,8H2,(H,21,22,24). The van der Waals surface area contributed by atoms with Gasteiger partial charge in [-0.3, -0.25) is 4.79 Å². The number of nitrogens with zero attached hydrogens (tertiary/aromatic N) is 3. The third-order valence-electron chi connectivity index (χ3n) is 4.73. The lowest BCUT2D eigenvalue weighted by molar-refractivity contribution is 0.0995. The number of aromatic amines is 1. The maximum atomic E-state index is 13.4. The van der Waals surface area contributed by atoms with E-state index in [1.54, 1.807) is 6.07 Å². The average molecular weight is 366 g/mol. The number of hydrogen-bond acceptors (Lipinski definition) is 6. The lowest BCUT2D eigenvalue weighted by atomic mass is 10.1. The second-order valence-electron chi connectivity index (χ2n) is 6.48. The van der Waals surface area contributed by atoms with Gasteiger partial charge in [0.25, 0.3) is 5.56 Å². The molecule has 2 aromatic heterocycles. The Morgan fingerprint density at radius 1 is 1.44 bits per heavy atom. The minimum Gasteiger partial charge on any atom is -0.388 e. The molecule has 2 aromatic rings. The van der Waals surface area contributed by atoms with Crippen molar-refractivity contribution in [2.75, 3.05) is 24.5 Å². The minimum absolute atomic E-state index is 0.0123. The molecule has 0 radical (unpaired) electrons. The molecular weight excluding hydrogens is 349 g/mol. The molecule has 1 saturated heterocycles. The highest BCUT2D eigenvalue weighted by Crippen LogP contribution is 2.40. The molecule has 0 amide bonds. The van der Waals surface area contributed by atoms with E-state index in [1.807, 2.05) is 4.90 Å². The number of hydrogen-bond donors (Lipinski definition) is 3. The normalized spacial score (nSPS) is 22.0. The first-order valence-corrected chi connectivity index (χ1v) is 8.46. The van der Waals surface area contributed by atoms with Gasteiger partial charge in [0, 0.05) is 37.5 Å². The van der Waals surface area contributed by atoms with Crippen LogP contribution in [0.2, 0.25) is 5.02 Å². The SMILES string of the molecule is O=c1[nH]c(-c2ccnc(F)c2)nc(N2CCNC(C3(O)CC3)C2)c1Cl. The van der Waals surface area contributed by atoms with Crippen molar-refractivity contribution < 1.29 is 9.50 Å². The lowest BCUT2D eigenvalue weighted by Gasteiger charge is -2.37.